The van der Waals surface area contributed by atoms with Crippen LogP contribution in [-0.4, -0.2) is 19.3 Å². The number of nitrogens with two attached hydrogens (primary N) is 1. The highest BCUT2D eigenvalue weighted by Crippen LogP contribution is 2.26. The average Bonchev–Trinajstić information content (AvgIpc) is 2.41. The van der Waals surface area contributed by atoms with Crippen LogP contribution in [0.2, 0.25) is 5.02 Å². The number of sulfonamides is 1. The molecule has 1 aromatic heterocycles. The number of aromatic nitrogens is 1. The first kappa shape index (κ1) is 15.7. The molecule has 2 aromatic rings. The van der Waals surface area contributed by atoms with Gasteiger partial charge in [-0.1, -0.05) is 11.6 Å². The molecule has 3 N–H and O–H groups in total. The number of pyridine rings is 1. The van der Waals surface area contributed by atoms with Crippen LogP contribution in [0.5, 0.6) is 0 Å². The van der Waals surface area contributed by atoms with E-state index in [0.717, 1.165) is 0 Å². The second-order valence-electron chi connectivity index (χ2n) is 4.00. The predicted octanol–water partition coefficient (Wildman–Crippen LogP) is 2.40. The molecule has 0 atom stereocenters. The third-order valence-electron chi connectivity index (χ3n) is 2.49. The first-order chi connectivity index (χ1) is 9.79. The van der Waals surface area contributed by atoms with Crippen molar-refractivity contribution < 1.29 is 13.2 Å². The maximum atomic E-state index is 12.2. The van der Waals surface area contributed by atoms with Crippen molar-refractivity contribution in [2.24, 2.45) is 5.73 Å². The highest BCUT2D eigenvalue weighted by atomic mass is 79.9. The average molecular weight is 391 g/mol. The van der Waals surface area contributed by atoms with E-state index in [2.05, 4.69) is 25.6 Å². The molecule has 1 heterocycles. The number of primary amides is 1. The largest absolute Gasteiger partial charge is 0.366 e. The Bertz CT molecular complexity index is 811. The van der Waals surface area contributed by atoms with Crippen molar-refractivity contribution in [3.05, 3.63) is 51.7 Å². The first-order valence-corrected chi connectivity index (χ1v) is 8.18. The molecule has 21 heavy (non-hydrogen) atoms. The van der Waals surface area contributed by atoms with Crippen LogP contribution in [0.25, 0.3) is 0 Å². The summed E-state index contributed by atoms with van der Waals surface area (Å²) >= 11 is 9.06. The molecule has 0 fully saturated rings. The summed E-state index contributed by atoms with van der Waals surface area (Å²) in [4.78, 5) is 14.9. The van der Waals surface area contributed by atoms with Gasteiger partial charge in [0, 0.05) is 22.4 Å². The number of nitrogens with one attached hydrogen (secondary N) is 1. The number of hydrogen-bond acceptors (Lipinski definition) is 4. The lowest BCUT2D eigenvalue weighted by molar-refractivity contribution is 0.100. The van der Waals surface area contributed by atoms with Crippen LogP contribution in [0.3, 0.4) is 0 Å². The molecule has 1 amide bonds. The number of hydrogen-bond donors (Lipinski definition) is 2. The third kappa shape index (κ3) is 3.72. The fraction of sp³-hybridized carbons (Fsp3) is 0. The molecule has 2 rings (SSSR count). The monoisotopic (exact) mass is 389 g/mol. The minimum absolute atomic E-state index is 0.0441. The zero-order valence-electron chi connectivity index (χ0n) is 10.4. The molecule has 0 radical (unpaired) electrons. The number of rotatable bonds is 4. The smallest absolute Gasteiger partial charge is 0.263 e. The van der Waals surface area contributed by atoms with Crippen molar-refractivity contribution in [2.45, 2.75) is 4.90 Å². The molecule has 0 aliphatic carbocycles. The Morgan fingerprint density at radius 3 is 2.62 bits per heavy atom. The van der Waals surface area contributed by atoms with E-state index in [1.54, 1.807) is 0 Å². The highest BCUT2D eigenvalue weighted by molar-refractivity contribution is 9.10. The maximum Gasteiger partial charge on any atom is 0.263 e. The standard InChI is InChI=1S/C12H9BrClN3O3S/c13-8-4-9(6-16-5-8)21(19,20)17-11-3-7(12(15)18)1-2-10(11)14/h1-6,17H,(H2,15,18). The van der Waals surface area contributed by atoms with Crippen molar-refractivity contribution in [2.75, 3.05) is 4.72 Å². The van der Waals surface area contributed by atoms with Crippen LogP contribution >= 0.6 is 27.5 Å². The van der Waals surface area contributed by atoms with Gasteiger partial charge in [0.2, 0.25) is 5.91 Å². The fourth-order valence-electron chi connectivity index (χ4n) is 1.50. The van der Waals surface area contributed by atoms with Gasteiger partial charge in [-0.05, 0) is 40.2 Å². The summed E-state index contributed by atoms with van der Waals surface area (Å²) in [6.45, 7) is 0. The normalized spacial score (nSPS) is 11.1. The van der Waals surface area contributed by atoms with E-state index in [4.69, 9.17) is 17.3 Å². The molecule has 110 valence electrons. The SMILES string of the molecule is NC(=O)c1ccc(Cl)c(NS(=O)(=O)c2cncc(Br)c2)c1. The number of amides is 1. The molecule has 0 spiro atoms. The fourth-order valence-corrected chi connectivity index (χ4v) is 3.29. The van der Waals surface area contributed by atoms with Gasteiger partial charge in [-0.3, -0.25) is 14.5 Å². The molecule has 6 nitrogen and oxygen atoms in total. The van der Waals surface area contributed by atoms with Crippen LogP contribution in [-0.2, 0) is 10.0 Å². The molecule has 1 aromatic carbocycles. The van der Waals surface area contributed by atoms with Gasteiger partial charge in [0.25, 0.3) is 10.0 Å². The quantitative estimate of drug-likeness (QED) is 0.836. The van der Waals surface area contributed by atoms with E-state index in [1.807, 2.05) is 0 Å². The summed E-state index contributed by atoms with van der Waals surface area (Å²) < 4.78 is 27.3. The van der Waals surface area contributed by atoms with Gasteiger partial charge in [0.15, 0.2) is 0 Å². The van der Waals surface area contributed by atoms with E-state index in [9.17, 15) is 13.2 Å². The zero-order chi connectivity index (χ0) is 15.6. The Kier molecular flexibility index (Phi) is 4.50. The van der Waals surface area contributed by atoms with Crippen LogP contribution in [0.1, 0.15) is 10.4 Å². The van der Waals surface area contributed by atoms with Crippen molar-refractivity contribution in [1.82, 2.24) is 4.98 Å². The lowest BCUT2D eigenvalue weighted by atomic mass is 10.2. The minimum atomic E-state index is -3.88. The lowest BCUT2D eigenvalue weighted by Crippen LogP contribution is -2.15. The van der Waals surface area contributed by atoms with Crippen LogP contribution in [0.4, 0.5) is 5.69 Å². The van der Waals surface area contributed by atoms with Gasteiger partial charge in [-0.2, -0.15) is 0 Å². The van der Waals surface area contributed by atoms with E-state index in [0.29, 0.717) is 4.47 Å². The molecular weight excluding hydrogens is 382 g/mol. The summed E-state index contributed by atoms with van der Waals surface area (Å²) in [6, 6.07) is 5.45. The molecule has 0 aliphatic rings. The number of anilines is 1. The Hall–Kier alpha value is -1.64. The van der Waals surface area contributed by atoms with Crippen molar-refractivity contribution in [3.63, 3.8) is 0 Å². The van der Waals surface area contributed by atoms with Crippen molar-refractivity contribution in [3.8, 4) is 0 Å². The Balaban J connectivity index is 2.41. The number of nitrogens with zero attached hydrogens (tertiary/aromatic N) is 1. The number of halogens is 2. The first-order valence-electron chi connectivity index (χ1n) is 5.52. The van der Waals surface area contributed by atoms with E-state index in [1.165, 1.54) is 36.7 Å². The van der Waals surface area contributed by atoms with Gasteiger partial charge < -0.3 is 5.73 Å². The second-order valence-corrected chi connectivity index (χ2v) is 7.01. The molecular formula is C12H9BrClN3O3S. The number of carbonyl (C=O) groups excluding carboxylic acids is 1. The van der Waals surface area contributed by atoms with Gasteiger partial charge in [-0.15, -0.1) is 0 Å². The Labute approximate surface area is 134 Å². The van der Waals surface area contributed by atoms with Crippen LogP contribution < -0.4 is 10.5 Å². The summed E-state index contributed by atoms with van der Waals surface area (Å²) in [5.74, 6) is -0.684. The maximum absolute atomic E-state index is 12.2. The molecule has 9 heteroatoms. The van der Waals surface area contributed by atoms with Crippen LogP contribution in [0.15, 0.2) is 46.0 Å². The van der Waals surface area contributed by atoms with Gasteiger partial charge in [0.05, 0.1) is 10.7 Å². The predicted molar refractivity (Wildman–Crippen MR) is 82.7 cm³/mol. The summed E-state index contributed by atoms with van der Waals surface area (Å²) in [6.07, 6.45) is 2.65. The van der Waals surface area contributed by atoms with E-state index < -0.39 is 15.9 Å². The Morgan fingerprint density at radius 2 is 2.00 bits per heavy atom. The zero-order valence-corrected chi connectivity index (χ0v) is 13.5. The minimum Gasteiger partial charge on any atom is -0.366 e. The number of carbonyl (C=O) groups is 1. The van der Waals surface area contributed by atoms with Crippen LogP contribution in [0, 0.1) is 0 Å². The molecule has 0 aliphatic heterocycles. The van der Waals surface area contributed by atoms with E-state index >= 15 is 0 Å². The topological polar surface area (TPSA) is 102 Å². The van der Waals surface area contributed by atoms with Gasteiger partial charge >= 0.3 is 0 Å². The van der Waals surface area contributed by atoms with Gasteiger partial charge in [0.1, 0.15) is 4.90 Å². The van der Waals surface area contributed by atoms with Crippen molar-refractivity contribution in [1.29, 1.82) is 0 Å². The van der Waals surface area contributed by atoms with E-state index in [-0.39, 0.29) is 21.2 Å². The summed E-state index contributed by atoms with van der Waals surface area (Å²) in [5, 5.41) is 0.145. The van der Waals surface area contributed by atoms with Gasteiger partial charge in [-0.25, -0.2) is 8.42 Å². The molecule has 0 unspecified atom stereocenters. The summed E-state index contributed by atoms with van der Waals surface area (Å²) in [5.41, 5.74) is 5.36. The van der Waals surface area contributed by atoms with Crippen molar-refractivity contribution >= 4 is 49.1 Å². The Morgan fingerprint density at radius 1 is 1.29 bits per heavy atom. The number of benzene rings is 1. The lowest BCUT2D eigenvalue weighted by Gasteiger charge is -2.10. The molecule has 0 saturated heterocycles. The third-order valence-corrected chi connectivity index (χ3v) is 4.58. The highest BCUT2D eigenvalue weighted by Gasteiger charge is 2.17. The molecule has 0 saturated carbocycles. The summed E-state index contributed by atoms with van der Waals surface area (Å²) in [7, 11) is -3.88. The second kappa shape index (κ2) is 6.00. The molecule has 0 bridgehead atoms.